The van der Waals surface area contributed by atoms with Gasteiger partial charge in [0, 0.05) is 26.0 Å². The number of Topliss-reactive ketones (excluding diaryl/α,β-unsaturated/α-hetero) is 1. The van der Waals surface area contributed by atoms with E-state index in [0.29, 0.717) is 30.0 Å². The Morgan fingerprint density at radius 2 is 1.76 bits per heavy atom. The first-order valence-electron chi connectivity index (χ1n) is 11.1. The highest BCUT2D eigenvalue weighted by Gasteiger charge is 2.51. The Morgan fingerprint density at radius 1 is 1.03 bits per heavy atom. The number of aromatic carboxylic acids is 1. The summed E-state index contributed by atoms with van der Waals surface area (Å²) in [6.45, 7) is 4.98. The summed E-state index contributed by atoms with van der Waals surface area (Å²) >= 11 is 0. The molecule has 2 aliphatic rings. The molecule has 3 aromatic rings. The van der Waals surface area contributed by atoms with E-state index >= 15 is 0 Å². The van der Waals surface area contributed by atoms with Crippen molar-refractivity contribution in [2.45, 2.75) is 51.5 Å². The molecule has 5 rings (SSSR count). The van der Waals surface area contributed by atoms with Crippen LogP contribution in [-0.4, -0.2) is 27.9 Å². The molecule has 176 valence electrons. The van der Waals surface area contributed by atoms with Crippen LogP contribution in [-0.2, 0) is 16.6 Å². The number of alkyl halides is 1. The Kier molecular flexibility index (Phi) is 4.97. The Hall–Kier alpha value is -3.74. The van der Waals surface area contributed by atoms with Crippen LogP contribution in [0.2, 0.25) is 0 Å². The molecule has 0 spiro atoms. The van der Waals surface area contributed by atoms with Crippen molar-refractivity contribution in [3.8, 4) is 22.8 Å². The summed E-state index contributed by atoms with van der Waals surface area (Å²) in [6.07, 6.45) is 1.59. The zero-order valence-corrected chi connectivity index (χ0v) is 19.1. The summed E-state index contributed by atoms with van der Waals surface area (Å²) < 4.78 is 24.4. The molecule has 0 saturated heterocycles. The van der Waals surface area contributed by atoms with Crippen molar-refractivity contribution < 1.29 is 30.0 Å². The molecule has 0 bridgehead atoms. The van der Waals surface area contributed by atoms with E-state index in [0.717, 1.165) is 27.9 Å². The number of benzene rings is 2. The van der Waals surface area contributed by atoms with E-state index in [-0.39, 0.29) is 19.2 Å². The van der Waals surface area contributed by atoms with Gasteiger partial charge in [-0.05, 0) is 73.7 Å². The van der Waals surface area contributed by atoms with Crippen molar-refractivity contribution in [2.75, 3.05) is 0 Å². The first-order chi connectivity index (χ1) is 16.1. The van der Waals surface area contributed by atoms with Gasteiger partial charge in [0.1, 0.15) is 5.78 Å². The number of pyridine rings is 1. The maximum absolute atomic E-state index is 14.0. The summed E-state index contributed by atoms with van der Waals surface area (Å²) in [6, 6.07) is 11.7. The molecule has 1 fully saturated rings. The fourth-order valence-electron chi connectivity index (χ4n) is 4.57. The van der Waals surface area contributed by atoms with Crippen molar-refractivity contribution in [2.24, 2.45) is 0 Å². The van der Waals surface area contributed by atoms with Gasteiger partial charge < -0.3 is 14.6 Å². The van der Waals surface area contributed by atoms with Crippen LogP contribution in [0.5, 0.6) is 11.5 Å². The Bertz CT molecular complexity index is 1350. The lowest BCUT2D eigenvalue weighted by molar-refractivity contribution is -0.173. The zero-order chi connectivity index (χ0) is 24.3. The van der Waals surface area contributed by atoms with E-state index in [4.69, 9.17) is 14.5 Å². The van der Waals surface area contributed by atoms with Gasteiger partial charge in [0.2, 0.25) is 0 Å². The summed E-state index contributed by atoms with van der Waals surface area (Å²) in [5, 5.41) is 9.24. The topological polar surface area (TPSA) is 85.7 Å². The van der Waals surface area contributed by atoms with Crippen LogP contribution in [0.15, 0.2) is 48.5 Å². The molecule has 1 aliphatic heterocycles. The minimum Gasteiger partial charge on any atom is -0.478 e. The molecule has 6 nitrogen and oxygen atoms in total. The van der Waals surface area contributed by atoms with E-state index in [1.807, 2.05) is 26.0 Å². The number of halogens is 1. The van der Waals surface area contributed by atoms with Crippen LogP contribution in [0.25, 0.3) is 11.3 Å². The molecular weight excluding hydrogens is 437 g/mol. The highest BCUT2D eigenvalue weighted by Crippen LogP contribution is 2.52. The predicted octanol–water partition coefficient (Wildman–Crippen LogP) is 5.57. The molecule has 7 heteroatoms. The summed E-state index contributed by atoms with van der Waals surface area (Å²) in [5.74, 6) is -0.300. The number of nitrogens with zero attached hydrogens (tertiary/aromatic N) is 1. The smallest absolute Gasteiger partial charge is 0.404 e. The predicted molar refractivity (Wildman–Crippen MR) is 125 cm³/mol. The van der Waals surface area contributed by atoms with Crippen LogP contribution in [0.1, 0.15) is 53.9 Å². The van der Waals surface area contributed by atoms with Crippen LogP contribution >= 0.6 is 0 Å². The van der Waals surface area contributed by atoms with Crippen LogP contribution in [0.3, 0.4) is 0 Å². The van der Waals surface area contributed by atoms with Gasteiger partial charge in [-0.25, -0.2) is 4.79 Å². The zero-order valence-electron chi connectivity index (χ0n) is 19.1. The molecule has 1 saturated carbocycles. The summed E-state index contributed by atoms with van der Waals surface area (Å²) in [5.41, 5.74) is 4.35. The molecule has 1 N–H and O–H groups in total. The van der Waals surface area contributed by atoms with Gasteiger partial charge in [0.25, 0.3) is 0 Å². The molecule has 2 heterocycles. The van der Waals surface area contributed by atoms with Crippen molar-refractivity contribution in [3.63, 3.8) is 0 Å². The summed E-state index contributed by atoms with van der Waals surface area (Å²) in [4.78, 5) is 29.4. The Balaban J connectivity index is 0.00000289. The second-order valence-corrected chi connectivity index (χ2v) is 9.19. The number of hydrogen-bond donors (Lipinski definition) is 1. The van der Waals surface area contributed by atoms with Crippen LogP contribution in [0.4, 0.5) is 4.39 Å². The average Bonchev–Trinajstić information content (AvgIpc) is 3.52. The number of carbonyl (C=O) groups is 2. The minimum absolute atomic E-state index is 0. The van der Waals surface area contributed by atoms with Gasteiger partial charge in [-0.15, -0.1) is 0 Å². The lowest BCUT2D eigenvalue weighted by Gasteiger charge is -2.16. The van der Waals surface area contributed by atoms with Crippen LogP contribution in [0, 0.1) is 13.8 Å². The van der Waals surface area contributed by atoms with Crippen molar-refractivity contribution in [3.05, 3.63) is 76.5 Å². The first-order valence-corrected chi connectivity index (χ1v) is 11.1. The van der Waals surface area contributed by atoms with Gasteiger partial charge in [-0.1, -0.05) is 18.2 Å². The maximum Gasteiger partial charge on any atom is 0.404 e. The SMILES string of the molecule is Cc1cc(C(=O)O)ccc1-c1nc(CC(=O)C2(c3ccc4c(c3)OC(C)(F)O4)CC2)ccc1C.[HH]. The number of fused-ring (bicyclic) bond motifs is 1. The standard InChI is InChI=1S/C27H24FNO5.H2/c1-15-4-7-19(29-24(15)20-8-5-17(25(31)32)12-16(20)2)14-23(30)27(10-11-27)18-6-9-21-22(13-18)34-26(3,28)33-21;/h4-9,12-13H,10-11,14H2,1-3H3,(H,31,32);1H. The van der Waals surface area contributed by atoms with E-state index in [9.17, 15) is 19.1 Å². The largest absolute Gasteiger partial charge is 0.478 e. The molecule has 1 atom stereocenters. The molecular formula is C27H26FNO5. The normalized spacial score (nSPS) is 19.6. The van der Waals surface area contributed by atoms with Crippen molar-refractivity contribution >= 4 is 11.8 Å². The number of carbonyl (C=O) groups excluding carboxylic acids is 1. The molecule has 1 unspecified atom stereocenters. The second kappa shape index (κ2) is 7.65. The third-order valence-electron chi connectivity index (χ3n) is 6.59. The molecule has 1 aliphatic carbocycles. The quantitative estimate of drug-likeness (QED) is 0.515. The lowest BCUT2D eigenvalue weighted by atomic mass is 9.88. The van der Waals surface area contributed by atoms with Crippen LogP contribution < -0.4 is 9.47 Å². The molecule has 34 heavy (non-hydrogen) atoms. The van der Waals surface area contributed by atoms with E-state index < -0.39 is 17.4 Å². The van der Waals surface area contributed by atoms with E-state index in [2.05, 4.69) is 0 Å². The molecule has 0 amide bonds. The number of hydrogen-bond acceptors (Lipinski definition) is 5. The van der Waals surface area contributed by atoms with Gasteiger partial charge >= 0.3 is 12.0 Å². The highest BCUT2D eigenvalue weighted by atomic mass is 19.2. The first kappa shape index (κ1) is 22.1. The average molecular weight is 464 g/mol. The number of carboxylic acids is 1. The Morgan fingerprint density at radius 3 is 2.44 bits per heavy atom. The molecule has 1 aromatic heterocycles. The number of ether oxygens (including phenoxy) is 2. The minimum atomic E-state index is -2.20. The van der Waals surface area contributed by atoms with Gasteiger partial charge in [0.15, 0.2) is 11.5 Å². The summed E-state index contributed by atoms with van der Waals surface area (Å²) in [7, 11) is 0. The lowest BCUT2D eigenvalue weighted by Crippen LogP contribution is -2.27. The molecule has 2 aromatic carbocycles. The fourth-order valence-corrected chi connectivity index (χ4v) is 4.57. The van der Waals surface area contributed by atoms with E-state index in [1.54, 1.807) is 36.4 Å². The van der Waals surface area contributed by atoms with Gasteiger partial charge in [0.05, 0.1) is 16.7 Å². The maximum atomic E-state index is 14.0. The van der Waals surface area contributed by atoms with Gasteiger partial charge in [-0.2, -0.15) is 4.39 Å². The highest BCUT2D eigenvalue weighted by molar-refractivity contribution is 5.94. The van der Waals surface area contributed by atoms with Gasteiger partial charge in [-0.3, -0.25) is 9.78 Å². The second-order valence-electron chi connectivity index (χ2n) is 9.19. The van der Waals surface area contributed by atoms with Crippen molar-refractivity contribution in [1.29, 1.82) is 0 Å². The fraction of sp³-hybridized carbons (Fsp3) is 0.296. The number of ketones is 1. The third-order valence-corrected chi connectivity index (χ3v) is 6.59. The number of rotatable bonds is 6. The van der Waals surface area contributed by atoms with Crippen molar-refractivity contribution in [1.82, 2.24) is 4.98 Å². The number of aromatic nitrogens is 1. The molecule has 0 radical (unpaired) electrons. The third kappa shape index (κ3) is 3.81. The Labute approximate surface area is 197 Å². The van der Waals surface area contributed by atoms with E-state index in [1.165, 1.54) is 6.92 Å². The monoisotopic (exact) mass is 463 g/mol. The number of carboxylic acid groups (broad SMARTS) is 1. The number of aryl methyl sites for hydroxylation is 2.